The summed E-state index contributed by atoms with van der Waals surface area (Å²) in [7, 11) is 0. The van der Waals surface area contributed by atoms with Crippen molar-refractivity contribution in [3.8, 4) is 0 Å². The summed E-state index contributed by atoms with van der Waals surface area (Å²) in [5.74, 6) is 0.149. The predicted octanol–water partition coefficient (Wildman–Crippen LogP) is 3.16. The molecule has 7 heteroatoms. The van der Waals surface area contributed by atoms with Crippen LogP contribution in [0.3, 0.4) is 0 Å². The quantitative estimate of drug-likeness (QED) is 0.308. The second-order valence-corrected chi connectivity index (χ2v) is 6.04. The molecule has 0 saturated carbocycles. The van der Waals surface area contributed by atoms with E-state index in [1.54, 1.807) is 13.0 Å². The van der Waals surface area contributed by atoms with Crippen LogP contribution in [0.2, 0.25) is 0 Å². The molecule has 2 rings (SSSR count). The maximum absolute atomic E-state index is 12.3. The molecular weight excluding hydrogens is 326 g/mol. The van der Waals surface area contributed by atoms with Gasteiger partial charge in [-0.1, -0.05) is 48.2 Å². The van der Waals surface area contributed by atoms with Crippen LogP contribution < -0.4 is 0 Å². The highest BCUT2D eigenvalue weighted by molar-refractivity contribution is 7.99. The molecule has 0 fully saturated rings. The number of rotatable bonds is 10. The molecule has 6 nitrogen and oxygen atoms in total. The van der Waals surface area contributed by atoms with Crippen LogP contribution in [0.15, 0.2) is 54.5 Å². The third-order valence-corrected chi connectivity index (χ3v) is 4.16. The van der Waals surface area contributed by atoms with Crippen molar-refractivity contribution < 1.29 is 14.3 Å². The van der Waals surface area contributed by atoms with Crippen molar-refractivity contribution in [2.24, 2.45) is 0 Å². The Balaban J connectivity index is 1.97. The van der Waals surface area contributed by atoms with Gasteiger partial charge in [-0.25, -0.2) is 9.78 Å². The maximum Gasteiger partial charge on any atom is 0.335 e. The van der Waals surface area contributed by atoms with E-state index in [2.05, 4.69) is 21.8 Å². The van der Waals surface area contributed by atoms with Crippen LogP contribution in [0.1, 0.15) is 25.0 Å². The summed E-state index contributed by atoms with van der Waals surface area (Å²) in [6.45, 7) is 5.76. The Hall–Kier alpha value is -2.12. The summed E-state index contributed by atoms with van der Waals surface area (Å²) < 4.78 is 11.1. The summed E-state index contributed by atoms with van der Waals surface area (Å²) in [5.41, 5.74) is 0.927. The van der Waals surface area contributed by atoms with E-state index in [1.165, 1.54) is 18.1 Å². The van der Waals surface area contributed by atoms with E-state index < -0.39 is 6.10 Å². The summed E-state index contributed by atoms with van der Waals surface area (Å²) in [6, 6.07) is 9.62. The SMILES string of the molecule is C=CCCO[C@H](C)C(=O)O[C@@H](CSc1ncn[nH]1)c1ccccc1. The van der Waals surface area contributed by atoms with Crippen LogP contribution in [-0.2, 0) is 14.3 Å². The number of esters is 1. The molecule has 0 aliphatic rings. The lowest BCUT2D eigenvalue weighted by Crippen LogP contribution is -2.26. The second-order valence-electron chi connectivity index (χ2n) is 5.03. The summed E-state index contributed by atoms with van der Waals surface area (Å²) in [4.78, 5) is 16.3. The molecule has 24 heavy (non-hydrogen) atoms. The van der Waals surface area contributed by atoms with Crippen LogP contribution >= 0.6 is 11.8 Å². The summed E-state index contributed by atoms with van der Waals surface area (Å²) in [6.07, 6.45) is 2.88. The van der Waals surface area contributed by atoms with Crippen LogP contribution in [0, 0.1) is 0 Å². The molecular formula is C17H21N3O3S. The van der Waals surface area contributed by atoms with Gasteiger partial charge in [-0.3, -0.25) is 5.10 Å². The molecule has 1 aromatic carbocycles. The van der Waals surface area contributed by atoms with Crippen molar-refractivity contribution in [2.45, 2.75) is 30.7 Å². The number of aromatic amines is 1. The first-order valence-electron chi connectivity index (χ1n) is 7.66. The number of carbonyl (C=O) groups excluding carboxylic acids is 1. The molecule has 0 spiro atoms. The topological polar surface area (TPSA) is 77.1 Å². The first kappa shape index (κ1) is 18.2. The Morgan fingerprint density at radius 1 is 1.42 bits per heavy atom. The second kappa shape index (κ2) is 9.89. The lowest BCUT2D eigenvalue weighted by molar-refractivity contribution is -0.160. The molecule has 128 valence electrons. The number of ether oxygens (including phenoxy) is 2. The average molecular weight is 347 g/mol. The predicted molar refractivity (Wildman–Crippen MR) is 92.6 cm³/mol. The molecule has 1 N–H and O–H groups in total. The summed E-state index contributed by atoms with van der Waals surface area (Å²) in [5, 5.41) is 7.28. The van der Waals surface area contributed by atoms with Crippen LogP contribution in [0.5, 0.6) is 0 Å². The molecule has 0 aliphatic heterocycles. The van der Waals surface area contributed by atoms with Crippen LogP contribution in [-0.4, -0.2) is 39.6 Å². The van der Waals surface area contributed by atoms with E-state index in [1.807, 2.05) is 30.3 Å². The van der Waals surface area contributed by atoms with Gasteiger partial charge < -0.3 is 9.47 Å². The van der Waals surface area contributed by atoms with E-state index in [-0.39, 0.29) is 12.1 Å². The van der Waals surface area contributed by atoms with Gasteiger partial charge in [0.25, 0.3) is 0 Å². The lowest BCUT2D eigenvalue weighted by Gasteiger charge is -2.20. The molecule has 1 aromatic heterocycles. The monoisotopic (exact) mass is 347 g/mol. The van der Waals surface area contributed by atoms with E-state index in [0.29, 0.717) is 23.9 Å². The smallest absolute Gasteiger partial charge is 0.335 e. The number of thioether (sulfide) groups is 1. The minimum absolute atomic E-state index is 0.383. The van der Waals surface area contributed by atoms with E-state index >= 15 is 0 Å². The van der Waals surface area contributed by atoms with Gasteiger partial charge in [-0.2, -0.15) is 5.10 Å². The zero-order valence-electron chi connectivity index (χ0n) is 13.6. The Labute approximate surface area is 145 Å². The number of carbonyl (C=O) groups is 1. The highest BCUT2D eigenvalue weighted by Gasteiger charge is 2.22. The molecule has 0 bridgehead atoms. The van der Waals surface area contributed by atoms with Gasteiger partial charge in [-0.05, 0) is 18.9 Å². The normalized spacial score (nSPS) is 13.2. The number of benzene rings is 1. The largest absolute Gasteiger partial charge is 0.455 e. The van der Waals surface area contributed by atoms with Crippen molar-refractivity contribution in [3.05, 3.63) is 54.9 Å². The van der Waals surface area contributed by atoms with Crippen molar-refractivity contribution in [2.75, 3.05) is 12.4 Å². The van der Waals surface area contributed by atoms with Crippen molar-refractivity contribution in [1.82, 2.24) is 15.2 Å². The highest BCUT2D eigenvalue weighted by atomic mass is 32.2. The van der Waals surface area contributed by atoms with Gasteiger partial charge in [0.2, 0.25) is 0 Å². The van der Waals surface area contributed by atoms with E-state index in [9.17, 15) is 4.79 Å². The Kier molecular flexibility index (Phi) is 7.51. The Bertz CT molecular complexity index is 619. The van der Waals surface area contributed by atoms with Gasteiger partial charge in [0.15, 0.2) is 11.3 Å². The van der Waals surface area contributed by atoms with Gasteiger partial charge in [0.05, 0.1) is 6.61 Å². The van der Waals surface area contributed by atoms with Gasteiger partial charge in [0, 0.05) is 5.75 Å². The molecule has 2 atom stereocenters. The minimum Gasteiger partial charge on any atom is -0.455 e. The third kappa shape index (κ3) is 5.82. The minimum atomic E-state index is -0.619. The summed E-state index contributed by atoms with van der Waals surface area (Å²) >= 11 is 1.44. The molecule has 0 saturated heterocycles. The Morgan fingerprint density at radius 2 is 2.21 bits per heavy atom. The van der Waals surface area contributed by atoms with E-state index in [4.69, 9.17) is 9.47 Å². The number of hydrogen-bond donors (Lipinski definition) is 1. The van der Waals surface area contributed by atoms with Crippen molar-refractivity contribution in [1.29, 1.82) is 0 Å². The number of nitrogens with one attached hydrogen (secondary N) is 1. The molecule has 0 aliphatic carbocycles. The first-order chi connectivity index (χ1) is 11.7. The number of aromatic nitrogens is 3. The Morgan fingerprint density at radius 3 is 2.88 bits per heavy atom. The van der Waals surface area contributed by atoms with Gasteiger partial charge in [0.1, 0.15) is 12.4 Å². The fourth-order valence-corrected chi connectivity index (χ4v) is 2.73. The zero-order valence-corrected chi connectivity index (χ0v) is 14.4. The van der Waals surface area contributed by atoms with E-state index in [0.717, 1.165) is 5.56 Å². The third-order valence-electron chi connectivity index (χ3n) is 3.22. The molecule has 1 heterocycles. The maximum atomic E-state index is 12.3. The van der Waals surface area contributed by atoms with Crippen LogP contribution in [0.4, 0.5) is 0 Å². The van der Waals surface area contributed by atoms with Crippen LogP contribution in [0.25, 0.3) is 0 Å². The van der Waals surface area contributed by atoms with Gasteiger partial charge in [-0.15, -0.1) is 6.58 Å². The number of nitrogens with zero attached hydrogens (tertiary/aromatic N) is 2. The first-order valence-corrected chi connectivity index (χ1v) is 8.65. The van der Waals surface area contributed by atoms with Crippen molar-refractivity contribution in [3.63, 3.8) is 0 Å². The molecule has 0 unspecified atom stereocenters. The number of H-pyrrole nitrogens is 1. The average Bonchev–Trinajstić information content (AvgIpc) is 3.12. The zero-order chi connectivity index (χ0) is 17.2. The number of hydrogen-bond acceptors (Lipinski definition) is 6. The fourth-order valence-electron chi connectivity index (χ4n) is 1.92. The molecule has 0 radical (unpaired) electrons. The lowest BCUT2D eigenvalue weighted by atomic mass is 10.1. The molecule has 2 aromatic rings. The van der Waals surface area contributed by atoms with Gasteiger partial charge >= 0.3 is 5.97 Å². The molecule has 0 amide bonds. The van der Waals surface area contributed by atoms with Crippen molar-refractivity contribution >= 4 is 17.7 Å². The fraction of sp³-hybridized carbons (Fsp3) is 0.353. The highest BCUT2D eigenvalue weighted by Crippen LogP contribution is 2.25. The standard InChI is InChI=1S/C17H21N3O3S/c1-3-4-10-22-13(2)16(21)23-15(14-8-6-5-7-9-14)11-24-17-18-12-19-20-17/h3,5-9,12-13,15H,1,4,10-11H2,2H3,(H,18,19,20)/t13-,15+/m1/s1.